The van der Waals surface area contributed by atoms with E-state index in [0.717, 1.165) is 12.2 Å². The van der Waals surface area contributed by atoms with Crippen molar-refractivity contribution >= 4 is 0 Å². The Morgan fingerprint density at radius 1 is 1.29 bits per heavy atom. The summed E-state index contributed by atoms with van der Waals surface area (Å²) in [7, 11) is 3.35. The van der Waals surface area contributed by atoms with E-state index in [1.165, 1.54) is 5.56 Å². The highest BCUT2D eigenvalue weighted by atomic mass is 16.5. The summed E-state index contributed by atoms with van der Waals surface area (Å²) in [5.41, 5.74) is 1.19. The Balaban J connectivity index is 2.66. The topological polar surface area (TPSA) is 38.7 Å². The smallest absolute Gasteiger partial charge is 0.119 e. The number of hydrogen-bond acceptors (Lipinski definition) is 3. The normalized spacial score (nSPS) is 14.4. The van der Waals surface area contributed by atoms with Gasteiger partial charge in [-0.05, 0) is 36.0 Å². The van der Waals surface area contributed by atoms with Crippen LogP contribution in [-0.2, 0) is 11.2 Å². The molecular formula is C14H22O3. The summed E-state index contributed by atoms with van der Waals surface area (Å²) in [6.07, 6.45) is 0.845. The fourth-order valence-corrected chi connectivity index (χ4v) is 1.95. The van der Waals surface area contributed by atoms with E-state index in [4.69, 9.17) is 9.47 Å². The van der Waals surface area contributed by atoms with Crippen molar-refractivity contribution < 1.29 is 14.6 Å². The van der Waals surface area contributed by atoms with Crippen LogP contribution in [0.2, 0.25) is 0 Å². The van der Waals surface area contributed by atoms with Crippen molar-refractivity contribution in [1.29, 1.82) is 0 Å². The molecule has 2 atom stereocenters. The lowest BCUT2D eigenvalue weighted by molar-refractivity contribution is 0.0983. The van der Waals surface area contributed by atoms with Gasteiger partial charge in [0, 0.05) is 20.3 Å². The van der Waals surface area contributed by atoms with Crippen molar-refractivity contribution in [3.05, 3.63) is 29.8 Å². The second kappa shape index (κ2) is 7.30. The minimum atomic E-state index is 0.182. The second-order valence-electron chi connectivity index (χ2n) is 4.43. The molecule has 96 valence electrons. The van der Waals surface area contributed by atoms with E-state index in [9.17, 15) is 5.11 Å². The van der Waals surface area contributed by atoms with E-state index >= 15 is 0 Å². The average molecular weight is 238 g/mol. The Labute approximate surface area is 103 Å². The molecule has 1 aromatic rings. The van der Waals surface area contributed by atoms with Crippen LogP contribution < -0.4 is 4.74 Å². The second-order valence-corrected chi connectivity index (χ2v) is 4.43. The number of methoxy groups -OCH3 is 2. The minimum absolute atomic E-state index is 0.182. The van der Waals surface area contributed by atoms with Crippen LogP contribution in [0.25, 0.3) is 0 Å². The number of benzene rings is 1. The summed E-state index contributed by atoms with van der Waals surface area (Å²) in [6, 6.07) is 7.98. The van der Waals surface area contributed by atoms with Crippen LogP contribution in [-0.4, -0.2) is 32.5 Å². The van der Waals surface area contributed by atoms with Gasteiger partial charge in [-0.2, -0.15) is 0 Å². The monoisotopic (exact) mass is 238 g/mol. The third-order valence-electron chi connectivity index (χ3n) is 3.10. The molecule has 0 radical (unpaired) electrons. The summed E-state index contributed by atoms with van der Waals surface area (Å²) < 4.78 is 10.3. The number of aliphatic hydroxyl groups excluding tert-OH is 1. The summed E-state index contributed by atoms with van der Waals surface area (Å²) >= 11 is 0. The summed E-state index contributed by atoms with van der Waals surface area (Å²) in [6.45, 7) is 2.96. The third kappa shape index (κ3) is 4.36. The molecule has 0 amide bonds. The molecule has 0 aliphatic carbocycles. The molecule has 0 spiro atoms. The molecule has 1 rings (SSSR count). The van der Waals surface area contributed by atoms with Crippen molar-refractivity contribution in [3.63, 3.8) is 0 Å². The molecule has 0 aromatic heterocycles. The third-order valence-corrected chi connectivity index (χ3v) is 3.10. The zero-order chi connectivity index (χ0) is 12.7. The van der Waals surface area contributed by atoms with Gasteiger partial charge in [0.2, 0.25) is 0 Å². The van der Waals surface area contributed by atoms with Crippen LogP contribution in [0.4, 0.5) is 0 Å². The zero-order valence-electron chi connectivity index (χ0n) is 10.8. The van der Waals surface area contributed by atoms with E-state index in [-0.39, 0.29) is 12.5 Å². The van der Waals surface area contributed by atoms with Crippen molar-refractivity contribution in [3.8, 4) is 5.75 Å². The first kappa shape index (κ1) is 14.0. The first-order chi connectivity index (χ1) is 8.21. The first-order valence-electron chi connectivity index (χ1n) is 5.94. The van der Waals surface area contributed by atoms with Crippen molar-refractivity contribution in [2.75, 3.05) is 27.4 Å². The van der Waals surface area contributed by atoms with Gasteiger partial charge in [-0.1, -0.05) is 19.1 Å². The highest BCUT2D eigenvalue weighted by molar-refractivity contribution is 5.28. The van der Waals surface area contributed by atoms with Crippen molar-refractivity contribution in [1.82, 2.24) is 0 Å². The molecule has 0 aliphatic heterocycles. The van der Waals surface area contributed by atoms with Gasteiger partial charge in [-0.15, -0.1) is 0 Å². The molecule has 3 nitrogen and oxygen atoms in total. The molecule has 0 bridgehead atoms. The van der Waals surface area contributed by atoms with Crippen LogP contribution >= 0.6 is 0 Å². The van der Waals surface area contributed by atoms with Crippen LogP contribution in [0, 0.1) is 11.8 Å². The predicted molar refractivity (Wildman–Crippen MR) is 68.3 cm³/mol. The van der Waals surface area contributed by atoms with E-state index in [0.29, 0.717) is 12.5 Å². The molecule has 17 heavy (non-hydrogen) atoms. The SMILES string of the molecule is COCC(C)C(CO)Cc1cccc(OC)c1. The van der Waals surface area contributed by atoms with E-state index in [1.54, 1.807) is 14.2 Å². The van der Waals surface area contributed by atoms with Gasteiger partial charge in [0.25, 0.3) is 0 Å². The Morgan fingerprint density at radius 3 is 2.65 bits per heavy atom. The van der Waals surface area contributed by atoms with Gasteiger partial charge in [0.1, 0.15) is 5.75 Å². The quantitative estimate of drug-likeness (QED) is 0.791. The number of rotatable bonds is 7. The molecule has 1 N–H and O–H groups in total. The van der Waals surface area contributed by atoms with E-state index < -0.39 is 0 Å². The predicted octanol–water partition coefficient (Wildman–Crippen LogP) is 2.13. The molecule has 0 aliphatic rings. The molecule has 0 saturated heterocycles. The van der Waals surface area contributed by atoms with Gasteiger partial charge < -0.3 is 14.6 Å². The maximum absolute atomic E-state index is 9.42. The molecule has 0 heterocycles. The van der Waals surface area contributed by atoms with Crippen LogP contribution in [0.1, 0.15) is 12.5 Å². The molecule has 3 heteroatoms. The molecule has 0 fully saturated rings. The van der Waals surface area contributed by atoms with Crippen molar-refractivity contribution in [2.45, 2.75) is 13.3 Å². The maximum atomic E-state index is 9.42. The highest BCUT2D eigenvalue weighted by Gasteiger charge is 2.17. The van der Waals surface area contributed by atoms with Crippen LogP contribution in [0.15, 0.2) is 24.3 Å². The fraction of sp³-hybridized carbons (Fsp3) is 0.571. The lowest BCUT2D eigenvalue weighted by Crippen LogP contribution is -2.22. The van der Waals surface area contributed by atoms with Gasteiger partial charge in [-0.25, -0.2) is 0 Å². The number of hydrogen-bond donors (Lipinski definition) is 1. The summed E-state index contributed by atoms with van der Waals surface area (Å²) in [5, 5.41) is 9.42. The van der Waals surface area contributed by atoms with Crippen LogP contribution in [0.5, 0.6) is 5.75 Å². The largest absolute Gasteiger partial charge is 0.497 e. The fourth-order valence-electron chi connectivity index (χ4n) is 1.95. The van der Waals surface area contributed by atoms with Gasteiger partial charge in [0.05, 0.1) is 7.11 Å². The Bertz CT molecular complexity index is 325. The van der Waals surface area contributed by atoms with Gasteiger partial charge in [0.15, 0.2) is 0 Å². The summed E-state index contributed by atoms with van der Waals surface area (Å²) in [5.74, 6) is 1.43. The number of aliphatic hydroxyl groups is 1. The maximum Gasteiger partial charge on any atom is 0.119 e. The molecule has 1 aromatic carbocycles. The lowest BCUT2D eigenvalue weighted by atomic mass is 9.89. The zero-order valence-corrected chi connectivity index (χ0v) is 10.8. The average Bonchev–Trinajstić information content (AvgIpc) is 2.36. The van der Waals surface area contributed by atoms with E-state index in [1.807, 2.05) is 18.2 Å². The number of ether oxygens (including phenoxy) is 2. The standard InChI is InChI=1S/C14H22O3/c1-11(10-16-2)13(9-15)7-12-5-4-6-14(8-12)17-3/h4-6,8,11,13,15H,7,9-10H2,1-3H3. The molecular weight excluding hydrogens is 216 g/mol. The minimum Gasteiger partial charge on any atom is -0.497 e. The lowest BCUT2D eigenvalue weighted by Gasteiger charge is -2.21. The highest BCUT2D eigenvalue weighted by Crippen LogP contribution is 2.20. The van der Waals surface area contributed by atoms with Gasteiger partial charge >= 0.3 is 0 Å². The Kier molecular flexibility index (Phi) is 6.01. The Morgan fingerprint density at radius 2 is 2.06 bits per heavy atom. The van der Waals surface area contributed by atoms with Crippen LogP contribution in [0.3, 0.4) is 0 Å². The van der Waals surface area contributed by atoms with E-state index in [2.05, 4.69) is 13.0 Å². The first-order valence-corrected chi connectivity index (χ1v) is 5.94. The molecule has 2 unspecified atom stereocenters. The summed E-state index contributed by atoms with van der Waals surface area (Å²) in [4.78, 5) is 0. The van der Waals surface area contributed by atoms with Gasteiger partial charge in [-0.3, -0.25) is 0 Å². The van der Waals surface area contributed by atoms with Crippen molar-refractivity contribution in [2.24, 2.45) is 11.8 Å². The molecule has 0 saturated carbocycles. The Hall–Kier alpha value is -1.06.